The predicted octanol–water partition coefficient (Wildman–Crippen LogP) is 7.05. The second kappa shape index (κ2) is 16.4. The van der Waals surface area contributed by atoms with Crippen LogP contribution in [0.15, 0.2) is 119 Å². The van der Waals surface area contributed by atoms with E-state index in [1.165, 1.54) is 5.57 Å². The first-order chi connectivity index (χ1) is 14.8. The number of allylic oxidation sites excluding steroid dienone is 7. The third kappa shape index (κ3) is 11.3. The van der Waals surface area contributed by atoms with Crippen molar-refractivity contribution in [1.82, 2.24) is 4.98 Å². The van der Waals surface area contributed by atoms with Crippen LogP contribution in [0.25, 0.3) is 0 Å². The summed E-state index contributed by atoms with van der Waals surface area (Å²) in [5.41, 5.74) is 6.28. The first kappa shape index (κ1) is 24.5. The van der Waals surface area contributed by atoms with Crippen LogP contribution in [0.5, 0.6) is 0 Å². The van der Waals surface area contributed by atoms with Gasteiger partial charge in [-0.05, 0) is 32.4 Å². The van der Waals surface area contributed by atoms with Gasteiger partial charge in [-0.1, -0.05) is 91.9 Å². The number of aryl methyl sites for hydroxylation is 1. The van der Waals surface area contributed by atoms with Gasteiger partial charge in [-0.25, -0.2) is 9.98 Å². The molecule has 2 aromatic rings. The summed E-state index contributed by atoms with van der Waals surface area (Å²) >= 11 is 0. The Kier molecular flexibility index (Phi) is 13.4. The molecule has 30 heavy (non-hydrogen) atoms. The van der Waals surface area contributed by atoms with Crippen molar-refractivity contribution >= 4 is 12.1 Å². The van der Waals surface area contributed by atoms with Gasteiger partial charge in [0.1, 0.15) is 0 Å². The van der Waals surface area contributed by atoms with Gasteiger partial charge in [0.15, 0.2) is 5.84 Å². The lowest BCUT2D eigenvalue weighted by Crippen LogP contribution is -1.95. The molecule has 0 bridgehead atoms. The summed E-state index contributed by atoms with van der Waals surface area (Å²) in [5.74, 6) is 0.724. The van der Waals surface area contributed by atoms with Crippen LogP contribution < -0.4 is 0 Å². The van der Waals surface area contributed by atoms with Gasteiger partial charge in [0.05, 0.1) is 6.20 Å². The number of aromatic nitrogens is 1. The number of hydrogen-bond donors (Lipinski definition) is 0. The molecule has 0 saturated heterocycles. The number of hydrogen-bond acceptors (Lipinski definition) is 3. The van der Waals surface area contributed by atoms with E-state index in [1.807, 2.05) is 69.3 Å². The van der Waals surface area contributed by atoms with Crippen LogP contribution in [-0.2, 0) is 0 Å². The molecule has 4 rings (SSSR count). The van der Waals surface area contributed by atoms with Crippen LogP contribution in [0.1, 0.15) is 38.4 Å². The molecule has 0 unspecified atom stereocenters. The van der Waals surface area contributed by atoms with Crippen molar-refractivity contribution in [2.45, 2.75) is 34.1 Å². The van der Waals surface area contributed by atoms with Crippen molar-refractivity contribution in [1.29, 1.82) is 0 Å². The van der Waals surface area contributed by atoms with Crippen LogP contribution in [0.3, 0.4) is 0 Å². The number of aliphatic imine (C=N–C) groups is 2. The normalized spacial score (nSPS) is 13.1. The number of rotatable bonds is 1. The molecule has 0 radical (unpaired) electrons. The number of pyridine rings is 1. The fraction of sp³-hybridized carbons (Fsp3) is 0.185. The first-order valence-corrected chi connectivity index (χ1v) is 10.2. The Morgan fingerprint density at radius 2 is 1.67 bits per heavy atom. The summed E-state index contributed by atoms with van der Waals surface area (Å²) in [6, 6.07) is 15.7. The van der Waals surface area contributed by atoms with Crippen LogP contribution in [0.2, 0.25) is 0 Å². The van der Waals surface area contributed by atoms with Crippen molar-refractivity contribution in [3.05, 3.63) is 120 Å². The van der Waals surface area contributed by atoms with E-state index in [1.54, 1.807) is 24.7 Å². The molecule has 1 aromatic heterocycles. The molecule has 0 saturated carbocycles. The Morgan fingerprint density at radius 1 is 0.900 bits per heavy atom. The maximum Gasteiger partial charge on any atom is 0.159 e. The fourth-order valence-electron chi connectivity index (χ4n) is 2.20. The van der Waals surface area contributed by atoms with Crippen LogP contribution >= 0.6 is 0 Å². The molecule has 0 spiro atoms. The SMILES string of the molecule is C1=CC=NC(c2ccccc2)=NC=1.CC.CC1=CC=CCC=C1.Cc1ccccn1. The highest BCUT2D eigenvalue weighted by Gasteiger charge is 1.98. The maximum atomic E-state index is 4.17. The minimum Gasteiger partial charge on any atom is -0.262 e. The van der Waals surface area contributed by atoms with E-state index in [-0.39, 0.29) is 0 Å². The van der Waals surface area contributed by atoms with E-state index in [2.05, 4.69) is 58.0 Å². The van der Waals surface area contributed by atoms with Gasteiger partial charge in [0, 0.05) is 29.7 Å². The Balaban J connectivity index is 0.000000229. The maximum absolute atomic E-state index is 4.17. The second-order valence-electron chi connectivity index (χ2n) is 6.01. The van der Waals surface area contributed by atoms with Gasteiger partial charge in [-0.15, -0.1) is 0 Å². The molecule has 1 aliphatic heterocycles. The lowest BCUT2D eigenvalue weighted by atomic mass is 10.2. The number of benzene rings is 1. The summed E-state index contributed by atoms with van der Waals surface area (Å²) in [7, 11) is 0. The molecule has 2 heterocycles. The number of nitrogens with zero attached hydrogens (tertiary/aromatic N) is 3. The van der Waals surface area contributed by atoms with Crippen molar-refractivity contribution in [2.24, 2.45) is 9.98 Å². The Bertz CT molecular complexity index is 925. The lowest BCUT2D eigenvalue weighted by Gasteiger charge is -1.96. The fourth-order valence-corrected chi connectivity index (χ4v) is 2.20. The summed E-state index contributed by atoms with van der Waals surface area (Å²) in [4.78, 5) is 12.3. The highest BCUT2D eigenvalue weighted by molar-refractivity contribution is 6.04. The Labute approximate surface area is 181 Å². The summed E-state index contributed by atoms with van der Waals surface area (Å²) in [6.45, 7) is 8.08. The topological polar surface area (TPSA) is 37.6 Å². The van der Waals surface area contributed by atoms with Crippen LogP contribution in [0.4, 0.5) is 0 Å². The third-order valence-electron chi connectivity index (χ3n) is 3.62. The van der Waals surface area contributed by atoms with Gasteiger partial charge in [0.25, 0.3) is 0 Å². The molecule has 1 aliphatic carbocycles. The van der Waals surface area contributed by atoms with Crippen molar-refractivity contribution < 1.29 is 0 Å². The largest absolute Gasteiger partial charge is 0.262 e. The highest BCUT2D eigenvalue weighted by Crippen LogP contribution is 2.03. The van der Waals surface area contributed by atoms with E-state index < -0.39 is 0 Å². The summed E-state index contributed by atoms with van der Waals surface area (Å²) in [6.07, 6.45) is 18.6. The molecule has 3 nitrogen and oxygen atoms in total. The quantitative estimate of drug-likeness (QED) is 0.475. The summed E-state index contributed by atoms with van der Waals surface area (Å²) < 4.78 is 0. The minimum absolute atomic E-state index is 0.724. The predicted molar refractivity (Wildman–Crippen MR) is 131 cm³/mol. The van der Waals surface area contributed by atoms with Crippen LogP contribution in [0, 0.1) is 6.92 Å². The Morgan fingerprint density at radius 3 is 2.33 bits per heavy atom. The molecular weight excluding hydrogens is 366 g/mol. The lowest BCUT2D eigenvalue weighted by molar-refractivity contribution is 1.20. The van der Waals surface area contributed by atoms with E-state index in [9.17, 15) is 0 Å². The van der Waals surface area contributed by atoms with Crippen LogP contribution in [-0.4, -0.2) is 17.0 Å². The zero-order valence-corrected chi connectivity index (χ0v) is 18.4. The molecule has 0 atom stereocenters. The average molecular weight is 398 g/mol. The van der Waals surface area contributed by atoms with Crippen molar-refractivity contribution in [3.63, 3.8) is 0 Å². The van der Waals surface area contributed by atoms with E-state index >= 15 is 0 Å². The second-order valence-corrected chi connectivity index (χ2v) is 6.01. The molecule has 2 aliphatic rings. The number of amidine groups is 1. The molecule has 1 aromatic carbocycles. The van der Waals surface area contributed by atoms with Gasteiger partial charge >= 0.3 is 0 Å². The zero-order chi connectivity index (χ0) is 21.9. The molecular formula is C27H31N3. The molecule has 3 heteroatoms. The Hall–Kier alpha value is -3.55. The van der Waals surface area contributed by atoms with E-state index in [0.717, 1.165) is 23.5 Å². The summed E-state index contributed by atoms with van der Waals surface area (Å²) in [5, 5.41) is 0. The molecule has 0 N–H and O–H groups in total. The van der Waals surface area contributed by atoms with Gasteiger partial charge in [0.2, 0.25) is 0 Å². The molecule has 0 fully saturated rings. The third-order valence-corrected chi connectivity index (χ3v) is 3.62. The van der Waals surface area contributed by atoms with E-state index in [4.69, 9.17) is 0 Å². The zero-order valence-electron chi connectivity index (χ0n) is 18.4. The van der Waals surface area contributed by atoms with E-state index in [0.29, 0.717) is 0 Å². The van der Waals surface area contributed by atoms with Crippen molar-refractivity contribution in [3.8, 4) is 0 Å². The smallest absolute Gasteiger partial charge is 0.159 e. The average Bonchev–Trinajstić information content (AvgIpc) is 3.22. The highest BCUT2D eigenvalue weighted by atomic mass is 14.9. The molecule has 0 amide bonds. The van der Waals surface area contributed by atoms with Gasteiger partial charge < -0.3 is 0 Å². The monoisotopic (exact) mass is 397 g/mol. The standard InChI is InChI=1S/C11H8N2.C8H10.C6H7N.C2H6/c1-2-6-10(7-3-1)11-12-8-4-5-9-13-11;1-8-6-4-2-3-5-7-8;1-6-4-2-3-5-7-6;1-2/h1-4,6-9H;2,4-7H,3H2,1H3;2-5H,1H3;1-2H3. The van der Waals surface area contributed by atoms with Crippen molar-refractivity contribution in [2.75, 3.05) is 0 Å². The van der Waals surface area contributed by atoms with Gasteiger partial charge in [-0.3, -0.25) is 4.98 Å². The minimum atomic E-state index is 0.724. The molecule has 154 valence electrons. The van der Waals surface area contributed by atoms with Gasteiger partial charge in [-0.2, -0.15) is 0 Å². The first-order valence-electron chi connectivity index (χ1n) is 10.2.